The number of ether oxygens (including phenoxy) is 1. The second kappa shape index (κ2) is 12.4. The van der Waals surface area contributed by atoms with Crippen molar-refractivity contribution in [1.82, 2.24) is 5.32 Å². The maximum absolute atomic E-state index is 11.7. The standard InChI is InChI=1S/C14H25NO2.C4H10.C2H6/c1-8(2)12-13(9(3)4)15-11(16)7-17-14(12)10(5)6;1-4(2)3;1-2/h8-10,13H,7H2,1-6H3,(H,15,16);4H,1-3H3;1-2H3. The highest BCUT2D eigenvalue weighted by Crippen LogP contribution is 2.30. The highest BCUT2D eigenvalue weighted by molar-refractivity contribution is 5.78. The van der Waals surface area contributed by atoms with Crippen LogP contribution in [-0.4, -0.2) is 18.6 Å². The molecule has 1 amide bonds. The van der Waals surface area contributed by atoms with Gasteiger partial charge >= 0.3 is 0 Å². The Labute approximate surface area is 145 Å². The van der Waals surface area contributed by atoms with Crippen molar-refractivity contribution < 1.29 is 9.53 Å². The van der Waals surface area contributed by atoms with Crippen LogP contribution in [0.4, 0.5) is 0 Å². The molecule has 0 saturated heterocycles. The number of rotatable bonds is 3. The van der Waals surface area contributed by atoms with E-state index in [4.69, 9.17) is 4.74 Å². The quantitative estimate of drug-likeness (QED) is 0.752. The molecule has 0 radical (unpaired) electrons. The summed E-state index contributed by atoms with van der Waals surface area (Å²) in [5, 5.41) is 3.07. The third-order valence-electron chi connectivity index (χ3n) is 3.11. The van der Waals surface area contributed by atoms with Crippen LogP contribution in [0.2, 0.25) is 0 Å². The molecular formula is C20H41NO2. The molecule has 0 aromatic carbocycles. The van der Waals surface area contributed by atoms with Crippen molar-refractivity contribution in [1.29, 1.82) is 0 Å². The Hall–Kier alpha value is -0.990. The van der Waals surface area contributed by atoms with E-state index in [2.05, 4.69) is 67.6 Å². The lowest BCUT2D eigenvalue weighted by Gasteiger charge is -2.28. The molecule has 0 saturated carbocycles. The molecule has 3 heteroatoms. The molecule has 1 N–H and O–H groups in total. The van der Waals surface area contributed by atoms with E-state index in [0.29, 0.717) is 17.8 Å². The summed E-state index contributed by atoms with van der Waals surface area (Å²) in [6.07, 6.45) is 0. The van der Waals surface area contributed by atoms with Crippen LogP contribution in [-0.2, 0) is 9.53 Å². The molecule has 1 rings (SSSR count). The molecule has 0 aliphatic carbocycles. The van der Waals surface area contributed by atoms with Crippen molar-refractivity contribution in [2.45, 2.75) is 82.2 Å². The fraction of sp³-hybridized carbons (Fsp3) is 0.850. The summed E-state index contributed by atoms with van der Waals surface area (Å²) in [5.41, 5.74) is 1.25. The van der Waals surface area contributed by atoms with E-state index in [-0.39, 0.29) is 18.6 Å². The van der Waals surface area contributed by atoms with Gasteiger partial charge in [0.1, 0.15) is 5.76 Å². The van der Waals surface area contributed by atoms with E-state index < -0.39 is 0 Å². The topological polar surface area (TPSA) is 38.3 Å². The van der Waals surface area contributed by atoms with Crippen LogP contribution in [0, 0.1) is 23.7 Å². The predicted octanol–water partition coefficient (Wildman–Crippen LogP) is 5.41. The fourth-order valence-corrected chi connectivity index (χ4v) is 2.34. The van der Waals surface area contributed by atoms with Crippen LogP contribution in [0.5, 0.6) is 0 Å². The lowest BCUT2D eigenvalue weighted by Crippen LogP contribution is -2.41. The Balaban J connectivity index is 0. The van der Waals surface area contributed by atoms with E-state index in [9.17, 15) is 4.79 Å². The minimum atomic E-state index is -0.0162. The largest absolute Gasteiger partial charge is 0.488 e. The molecule has 1 heterocycles. The summed E-state index contributed by atoms with van der Waals surface area (Å²) >= 11 is 0. The summed E-state index contributed by atoms with van der Waals surface area (Å²) in [6, 6.07) is 0.0994. The maximum Gasteiger partial charge on any atom is 0.258 e. The molecule has 0 aromatic heterocycles. The lowest BCUT2D eigenvalue weighted by molar-refractivity contribution is -0.124. The number of amides is 1. The van der Waals surface area contributed by atoms with Crippen LogP contribution in [0.25, 0.3) is 0 Å². The molecular weight excluding hydrogens is 286 g/mol. The van der Waals surface area contributed by atoms with Gasteiger partial charge in [-0.1, -0.05) is 76.2 Å². The highest BCUT2D eigenvalue weighted by atomic mass is 16.5. The molecule has 0 fully saturated rings. The molecule has 0 bridgehead atoms. The van der Waals surface area contributed by atoms with Crippen LogP contribution in [0.1, 0.15) is 76.2 Å². The van der Waals surface area contributed by atoms with Gasteiger partial charge in [-0.3, -0.25) is 4.79 Å². The smallest absolute Gasteiger partial charge is 0.258 e. The average Bonchev–Trinajstić information content (AvgIpc) is 2.59. The lowest BCUT2D eigenvalue weighted by atomic mass is 9.85. The minimum Gasteiger partial charge on any atom is -0.488 e. The summed E-state index contributed by atoms with van der Waals surface area (Å²) in [5.74, 6) is 2.90. The van der Waals surface area contributed by atoms with Gasteiger partial charge in [-0.25, -0.2) is 0 Å². The number of carbonyl (C=O) groups excluding carboxylic acids is 1. The second-order valence-electron chi connectivity index (χ2n) is 7.44. The van der Waals surface area contributed by atoms with Crippen molar-refractivity contribution in [2.75, 3.05) is 6.61 Å². The first-order valence-electron chi connectivity index (χ1n) is 9.23. The number of allylic oxidation sites excluding steroid dienone is 1. The monoisotopic (exact) mass is 327 g/mol. The van der Waals surface area contributed by atoms with Crippen molar-refractivity contribution >= 4 is 5.91 Å². The molecule has 0 spiro atoms. The highest BCUT2D eigenvalue weighted by Gasteiger charge is 2.30. The first kappa shape index (κ1) is 24.3. The van der Waals surface area contributed by atoms with Gasteiger partial charge in [-0.05, 0) is 23.3 Å². The Morgan fingerprint density at radius 1 is 0.913 bits per heavy atom. The number of hydrogen-bond donors (Lipinski definition) is 1. The van der Waals surface area contributed by atoms with Crippen LogP contribution in [0.3, 0.4) is 0 Å². The Morgan fingerprint density at radius 2 is 1.35 bits per heavy atom. The van der Waals surface area contributed by atoms with E-state index in [1.807, 2.05) is 13.8 Å². The van der Waals surface area contributed by atoms with Gasteiger partial charge in [0, 0.05) is 5.92 Å². The maximum atomic E-state index is 11.7. The zero-order chi connectivity index (χ0) is 18.7. The van der Waals surface area contributed by atoms with Crippen LogP contribution >= 0.6 is 0 Å². The Kier molecular flexibility index (Phi) is 13.1. The summed E-state index contributed by atoms with van der Waals surface area (Å²) in [7, 11) is 0. The molecule has 1 aliphatic rings. The Bertz CT molecular complexity index is 352. The normalized spacial score (nSPS) is 18.0. The van der Waals surface area contributed by atoms with Crippen molar-refractivity contribution in [3.63, 3.8) is 0 Å². The first-order chi connectivity index (χ1) is 10.6. The number of nitrogens with one attached hydrogen (secondary N) is 1. The molecule has 1 unspecified atom stereocenters. The van der Waals surface area contributed by atoms with Gasteiger partial charge in [-0.15, -0.1) is 0 Å². The minimum absolute atomic E-state index is 0.0162. The van der Waals surface area contributed by atoms with Gasteiger partial charge < -0.3 is 10.1 Å². The summed E-state index contributed by atoms with van der Waals surface area (Å²) < 4.78 is 5.70. The molecule has 23 heavy (non-hydrogen) atoms. The summed E-state index contributed by atoms with van der Waals surface area (Å²) in [6.45, 7) is 23.5. The molecule has 3 nitrogen and oxygen atoms in total. The zero-order valence-electron chi connectivity index (χ0n) is 17.4. The third kappa shape index (κ3) is 9.68. The summed E-state index contributed by atoms with van der Waals surface area (Å²) in [4.78, 5) is 11.7. The van der Waals surface area contributed by atoms with Gasteiger partial charge in [0.25, 0.3) is 5.91 Å². The number of hydrogen-bond acceptors (Lipinski definition) is 2. The zero-order valence-corrected chi connectivity index (χ0v) is 17.4. The van der Waals surface area contributed by atoms with Crippen molar-refractivity contribution in [3.8, 4) is 0 Å². The van der Waals surface area contributed by atoms with E-state index in [0.717, 1.165) is 11.7 Å². The van der Waals surface area contributed by atoms with Crippen LogP contribution < -0.4 is 5.32 Å². The van der Waals surface area contributed by atoms with Gasteiger partial charge in [0.2, 0.25) is 0 Å². The molecule has 138 valence electrons. The van der Waals surface area contributed by atoms with Crippen molar-refractivity contribution in [2.24, 2.45) is 23.7 Å². The van der Waals surface area contributed by atoms with E-state index >= 15 is 0 Å². The SMILES string of the molecule is CC.CC(C)C.CC(C)C1=C(C(C)C)C(C(C)C)NC(=O)CO1. The van der Waals surface area contributed by atoms with Gasteiger partial charge in [0.05, 0.1) is 6.04 Å². The predicted molar refractivity (Wildman–Crippen MR) is 101 cm³/mol. The van der Waals surface area contributed by atoms with Crippen molar-refractivity contribution in [3.05, 3.63) is 11.3 Å². The third-order valence-corrected chi connectivity index (χ3v) is 3.11. The van der Waals surface area contributed by atoms with Gasteiger partial charge in [-0.2, -0.15) is 0 Å². The van der Waals surface area contributed by atoms with Gasteiger partial charge in [0.15, 0.2) is 6.61 Å². The van der Waals surface area contributed by atoms with E-state index in [1.165, 1.54) is 5.57 Å². The fourth-order valence-electron chi connectivity index (χ4n) is 2.34. The van der Waals surface area contributed by atoms with Crippen LogP contribution in [0.15, 0.2) is 11.3 Å². The molecule has 1 atom stereocenters. The second-order valence-corrected chi connectivity index (χ2v) is 7.44. The Morgan fingerprint density at radius 3 is 1.65 bits per heavy atom. The molecule has 0 aromatic rings. The first-order valence-corrected chi connectivity index (χ1v) is 9.23. The average molecular weight is 328 g/mol. The molecule has 1 aliphatic heterocycles. The number of carbonyl (C=O) groups is 1. The van der Waals surface area contributed by atoms with E-state index in [1.54, 1.807) is 0 Å².